The maximum Gasteiger partial charge on any atom is 0.344 e. The average molecular weight is 414 g/mol. The minimum atomic E-state index is -0.571. The maximum absolute atomic E-state index is 12.5. The first-order valence-electron chi connectivity index (χ1n) is 9.88. The number of aryl methyl sites for hydroxylation is 2. The molecule has 0 amide bonds. The molecule has 31 heavy (non-hydrogen) atoms. The molecule has 0 bridgehead atoms. The lowest BCUT2D eigenvalue weighted by Crippen LogP contribution is -2.14. The predicted molar refractivity (Wildman–Crippen MR) is 120 cm³/mol. The minimum Gasteiger partial charge on any atom is -0.462 e. The highest BCUT2D eigenvalue weighted by molar-refractivity contribution is 6.00. The number of rotatable bonds is 5. The highest BCUT2D eigenvalue weighted by atomic mass is 16.5. The van der Waals surface area contributed by atoms with Crippen molar-refractivity contribution in [3.63, 3.8) is 0 Å². The molecule has 0 aliphatic rings. The number of carbonyl (C=O) groups excluding carboxylic acids is 1. The Labute approximate surface area is 179 Å². The molecule has 0 fully saturated rings. The van der Waals surface area contributed by atoms with E-state index >= 15 is 0 Å². The molecule has 2 heterocycles. The zero-order chi connectivity index (χ0) is 22.0. The van der Waals surface area contributed by atoms with E-state index in [1.165, 1.54) is 0 Å². The lowest BCUT2D eigenvalue weighted by molar-refractivity contribution is 0.0528. The van der Waals surface area contributed by atoms with E-state index in [-0.39, 0.29) is 23.9 Å². The van der Waals surface area contributed by atoms with E-state index in [2.05, 4.69) is 25.3 Å². The van der Waals surface area contributed by atoms with Crippen molar-refractivity contribution in [1.29, 1.82) is 0 Å². The highest BCUT2D eigenvalue weighted by Gasteiger charge is 2.22. The van der Waals surface area contributed by atoms with Crippen molar-refractivity contribution in [1.82, 2.24) is 19.9 Å². The zero-order valence-electron chi connectivity index (χ0n) is 17.5. The van der Waals surface area contributed by atoms with Crippen LogP contribution >= 0.6 is 0 Å². The number of carbonyl (C=O) groups is 1. The second-order valence-electron chi connectivity index (χ2n) is 7.02. The summed E-state index contributed by atoms with van der Waals surface area (Å²) in [6, 6.07) is 15.3. The van der Waals surface area contributed by atoms with Gasteiger partial charge >= 0.3 is 5.97 Å². The average Bonchev–Trinajstić information content (AvgIpc) is 2.73. The van der Waals surface area contributed by atoms with Gasteiger partial charge in [0.2, 0.25) is 11.9 Å². The number of hydrogen-bond acceptors (Lipinski definition) is 8. The summed E-state index contributed by atoms with van der Waals surface area (Å²) in [7, 11) is 0. The summed E-state index contributed by atoms with van der Waals surface area (Å²) in [4.78, 5) is 30.4. The number of aromatic nitrogens is 4. The number of nitrogens with two attached hydrogens (primary N) is 1. The first kappa shape index (κ1) is 20.2. The van der Waals surface area contributed by atoms with Gasteiger partial charge < -0.3 is 10.5 Å². The molecule has 0 saturated carbocycles. The summed E-state index contributed by atoms with van der Waals surface area (Å²) in [5, 5.41) is 4.00. The van der Waals surface area contributed by atoms with Crippen molar-refractivity contribution in [2.75, 3.05) is 17.7 Å². The number of nitrogens with zero attached hydrogens (tertiary/aromatic N) is 4. The van der Waals surface area contributed by atoms with Crippen molar-refractivity contribution in [3.8, 4) is 11.3 Å². The van der Waals surface area contributed by atoms with E-state index in [9.17, 15) is 4.79 Å². The molecule has 0 atom stereocenters. The molecule has 8 heteroatoms. The van der Waals surface area contributed by atoms with Crippen LogP contribution in [0.5, 0.6) is 0 Å². The van der Waals surface area contributed by atoms with Crippen LogP contribution in [0.1, 0.15) is 28.5 Å². The van der Waals surface area contributed by atoms with Crippen LogP contribution in [0.4, 0.5) is 17.7 Å². The maximum atomic E-state index is 12.5. The number of nitrogens with one attached hydrogen (secondary N) is 1. The second kappa shape index (κ2) is 8.35. The monoisotopic (exact) mass is 414 g/mol. The molecule has 2 aromatic carbocycles. The van der Waals surface area contributed by atoms with Crippen LogP contribution in [0.15, 0.2) is 48.5 Å². The SMILES string of the molecule is CCOC(=O)c1c(N)nc(Nc2nc(C)c3ccc(C)cc3n2)nc1-c1ccccc1. The molecule has 2 aromatic heterocycles. The normalized spacial score (nSPS) is 10.8. The van der Waals surface area contributed by atoms with E-state index in [1.54, 1.807) is 6.92 Å². The van der Waals surface area contributed by atoms with Gasteiger partial charge in [-0.2, -0.15) is 4.98 Å². The predicted octanol–water partition coefficient (Wildman–Crippen LogP) is 4.21. The van der Waals surface area contributed by atoms with Crippen LogP contribution in [0.3, 0.4) is 0 Å². The van der Waals surface area contributed by atoms with E-state index in [0.29, 0.717) is 17.2 Å². The first-order chi connectivity index (χ1) is 15.0. The number of hydrogen-bond donors (Lipinski definition) is 2. The quantitative estimate of drug-likeness (QED) is 0.467. The molecule has 3 N–H and O–H groups in total. The number of nitrogen functional groups attached to an aromatic ring is 1. The van der Waals surface area contributed by atoms with E-state index in [0.717, 1.165) is 22.2 Å². The third kappa shape index (κ3) is 4.13. The molecular formula is C23H22N6O2. The van der Waals surface area contributed by atoms with Gasteiger partial charge in [-0.1, -0.05) is 42.5 Å². The van der Waals surface area contributed by atoms with Gasteiger partial charge in [0, 0.05) is 10.9 Å². The molecule has 0 radical (unpaired) electrons. The second-order valence-corrected chi connectivity index (χ2v) is 7.02. The molecule has 0 aliphatic carbocycles. The minimum absolute atomic E-state index is 0.0168. The molecule has 0 unspecified atom stereocenters. The van der Waals surface area contributed by atoms with Crippen molar-refractivity contribution in [3.05, 3.63) is 65.4 Å². The van der Waals surface area contributed by atoms with Gasteiger partial charge in [-0.3, -0.25) is 5.32 Å². The van der Waals surface area contributed by atoms with Crippen molar-refractivity contribution in [2.24, 2.45) is 0 Å². The lowest BCUT2D eigenvalue weighted by Gasteiger charge is -2.13. The van der Waals surface area contributed by atoms with Gasteiger partial charge in [-0.15, -0.1) is 0 Å². The van der Waals surface area contributed by atoms with Crippen LogP contribution in [-0.4, -0.2) is 32.5 Å². The Kier molecular flexibility index (Phi) is 5.44. The molecule has 4 rings (SSSR count). The summed E-state index contributed by atoms with van der Waals surface area (Å²) in [5.41, 5.74) is 10.1. The fourth-order valence-electron chi connectivity index (χ4n) is 3.30. The van der Waals surface area contributed by atoms with E-state index in [1.807, 2.05) is 62.4 Å². The summed E-state index contributed by atoms with van der Waals surface area (Å²) in [6.07, 6.45) is 0. The Balaban J connectivity index is 1.80. The van der Waals surface area contributed by atoms with Gasteiger partial charge in [0.15, 0.2) is 0 Å². The summed E-state index contributed by atoms with van der Waals surface area (Å²) < 4.78 is 5.16. The van der Waals surface area contributed by atoms with Gasteiger partial charge in [0.05, 0.1) is 23.5 Å². The number of ether oxygens (including phenoxy) is 1. The fourth-order valence-corrected chi connectivity index (χ4v) is 3.30. The molecule has 156 valence electrons. The zero-order valence-corrected chi connectivity index (χ0v) is 17.5. The molecule has 0 aliphatic heterocycles. The summed E-state index contributed by atoms with van der Waals surface area (Å²) in [6.45, 7) is 5.87. The number of esters is 1. The summed E-state index contributed by atoms with van der Waals surface area (Å²) in [5.74, 6) is -0.0180. The molecule has 8 nitrogen and oxygen atoms in total. The van der Waals surface area contributed by atoms with E-state index < -0.39 is 5.97 Å². The molecule has 0 spiro atoms. The van der Waals surface area contributed by atoms with Gasteiger partial charge in [0.25, 0.3) is 0 Å². The first-order valence-corrected chi connectivity index (χ1v) is 9.88. The van der Waals surface area contributed by atoms with Crippen molar-refractivity contribution >= 4 is 34.6 Å². The highest BCUT2D eigenvalue weighted by Crippen LogP contribution is 2.28. The van der Waals surface area contributed by atoms with Crippen LogP contribution in [0.2, 0.25) is 0 Å². The molecular weight excluding hydrogens is 392 g/mol. The lowest BCUT2D eigenvalue weighted by atomic mass is 10.1. The number of anilines is 3. The third-order valence-electron chi connectivity index (χ3n) is 4.73. The van der Waals surface area contributed by atoms with Crippen molar-refractivity contribution in [2.45, 2.75) is 20.8 Å². The topological polar surface area (TPSA) is 116 Å². The molecule has 4 aromatic rings. The third-order valence-corrected chi connectivity index (χ3v) is 4.73. The van der Waals surface area contributed by atoms with Crippen LogP contribution < -0.4 is 11.1 Å². The molecule has 0 saturated heterocycles. The Morgan fingerprint density at radius 3 is 2.48 bits per heavy atom. The Bertz CT molecular complexity index is 1270. The van der Waals surface area contributed by atoms with Gasteiger partial charge in [-0.05, 0) is 32.4 Å². The fraction of sp³-hybridized carbons (Fsp3) is 0.174. The smallest absolute Gasteiger partial charge is 0.344 e. The van der Waals surface area contributed by atoms with Gasteiger partial charge in [-0.25, -0.2) is 19.7 Å². The number of benzene rings is 2. The Morgan fingerprint density at radius 1 is 1.00 bits per heavy atom. The Hall–Kier alpha value is -4.07. The Morgan fingerprint density at radius 2 is 1.74 bits per heavy atom. The van der Waals surface area contributed by atoms with Gasteiger partial charge in [0.1, 0.15) is 11.4 Å². The van der Waals surface area contributed by atoms with Crippen LogP contribution in [-0.2, 0) is 4.74 Å². The summed E-state index contributed by atoms with van der Waals surface area (Å²) >= 11 is 0. The van der Waals surface area contributed by atoms with Crippen LogP contribution in [0.25, 0.3) is 22.2 Å². The van der Waals surface area contributed by atoms with Crippen LogP contribution in [0, 0.1) is 13.8 Å². The number of fused-ring (bicyclic) bond motifs is 1. The largest absolute Gasteiger partial charge is 0.462 e. The van der Waals surface area contributed by atoms with E-state index in [4.69, 9.17) is 10.5 Å². The standard InChI is InChI=1S/C23H22N6O2/c1-4-31-21(30)18-19(15-8-6-5-7-9-15)27-23(28-20(18)24)29-22-25-14(3)16-11-10-13(2)12-17(16)26-22/h5-12H,4H2,1-3H3,(H3,24,25,26,27,28,29). The van der Waals surface area contributed by atoms with Crippen molar-refractivity contribution < 1.29 is 9.53 Å².